The van der Waals surface area contributed by atoms with Gasteiger partial charge in [-0.1, -0.05) is 12.1 Å². The highest BCUT2D eigenvalue weighted by atomic mass is 16.6. The number of carbonyl (C=O) groups is 1. The topological polar surface area (TPSA) is 86.9 Å². The minimum Gasteiger partial charge on any atom is -0.387 e. The molecule has 0 radical (unpaired) electrons. The Hall–Kier alpha value is -1.99. The number of hydrogen-bond acceptors (Lipinski definition) is 5. The van der Waals surface area contributed by atoms with Gasteiger partial charge in [-0.15, -0.1) is 0 Å². The predicted octanol–water partition coefficient (Wildman–Crippen LogP) is 2.21. The molecule has 0 aliphatic carbocycles. The first-order valence-corrected chi connectivity index (χ1v) is 8.71. The summed E-state index contributed by atoms with van der Waals surface area (Å²) in [7, 11) is 1.84. The van der Waals surface area contributed by atoms with E-state index in [1.54, 1.807) is 17.0 Å². The Balaban J connectivity index is 1.88. The van der Waals surface area contributed by atoms with Crippen molar-refractivity contribution in [1.29, 1.82) is 0 Å². The van der Waals surface area contributed by atoms with E-state index in [0.29, 0.717) is 12.1 Å². The van der Waals surface area contributed by atoms with Crippen molar-refractivity contribution in [3.05, 3.63) is 39.9 Å². The van der Waals surface area contributed by atoms with Gasteiger partial charge >= 0.3 is 0 Å². The lowest BCUT2D eigenvalue weighted by Crippen LogP contribution is -2.44. The summed E-state index contributed by atoms with van der Waals surface area (Å²) in [5.41, 5.74) is 0.532. The van der Waals surface area contributed by atoms with E-state index in [4.69, 9.17) is 0 Å². The van der Waals surface area contributed by atoms with Crippen molar-refractivity contribution in [2.75, 3.05) is 26.7 Å². The Bertz CT molecular complexity index is 612. The van der Waals surface area contributed by atoms with E-state index in [1.807, 2.05) is 20.9 Å². The normalized spacial score (nSPS) is 17.5. The molecule has 1 aromatic carbocycles. The van der Waals surface area contributed by atoms with Gasteiger partial charge in [-0.05, 0) is 45.3 Å². The Morgan fingerprint density at radius 2 is 2.04 bits per heavy atom. The largest absolute Gasteiger partial charge is 0.387 e. The van der Waals surface area contributed by atoms with E-state index in [1.165, 1.54) is 12.1 Å². The summed E-state index contributed by atoms with van der Waals surface area (Å²) in [6, 6.07) is 6.31. The Labute approximate surface area is 148 Å². The van der Waals surface area contributed by atoms with E-state index in [0.717, 1.165) is 25.9 Å². The Morgan fingerprint density at radius 1 is 1.40 bits per heavy atom. The zero-order valence-electron chi connectivity index (χ0n) is 15.1. The number of nitrogens with zero attached hydrogens (tertiary/aromatic N) is 3. The highest BCUT2D eigenvalue weighted by molar-refractivity contribution is 5.78. The maximum Gasteiger partial charge on any atom is 0.269 e. The number of piperidine rings is 1. The quantitative estimate of drug-likeness (QED) is 0.628. The third-order valence-electron chi connectivity index (χ3n) is 4.96. The standard InChI is InChI=1S/C18H27N3O4/c1-13(2)19(3)18(23)14-7-9-20(10-8-14)12-17(22)15-5-4-6-16(11-15)21(24)25/h4-6,11,13-14,17,22H,7-10,12H2,1-3H3. The molecular formula is C18H27N3O4. The van der Waals surface area contributed by atoms with Crippen LogP contribution in [0, 0.1) is 16.0 Å². The van der Waals surface area contributed by atoms with Crippen molar-refractivity contribution in [3.8, 4) is 0 Å². The molecule has 138 valence electrons. The van der Waals surface area contributed by atoms with E-state index in [2.05, 4.69) is 4.90 Å². The summed E-state index contributed by atoms with van der Waals surface area (Å²) in [5.74, 6) is 0.229. The van der Waals surface area contributed by atoms with Gasteiger partial charge in [0.1, 0.15) is 0 Å². The minimum absolute atomic E-state index is 0.0161. The summed E-state index contributed by atoms with van der Waals surface area (Å²) in [5, 5.41) is 21.2. The molecule has 0 aromatic heterocycles. The molecule has 0 bridgehead atoms. The van der Waals surface area contributed by atoms with Crippen LogP contribution >= 0.6 is 0 Å². The SMILES string of the molecule is CC(C)N(C)C(=O)C1CCN(CC(O)c2cccc([N+](=O)[O-])c2)CC1. The van der Waals surface area contributed by atoms with E-state index >= 15 is 0 Å². The van der Waals surface area contributed by atoms with Crippen LogP contribution in [-0.4, -0.2) is 58.5 Å². The number of aliphatic hydroxyl groups excluding tert-OH is 1. The van der Waals surface area contributed by atoms with Crippen LogP contribution in [0.1, 0.15) is 38.4 Å². The van der Waals surface area contributed by atoms with Crippen molar-refractivity contribution >= 4 is 11.6 Å². The zero-order valence-corrected chi connectivity index (χ0v) is 15.1. The molecule has 7 heteroatoms. The molecule has 7 nitrogen and oxygen atoms in total. The fourth-order valence-electron chi connectivity index (χ4n) is 3.10. The fourth-order valence-corrected chi connectivity index (χ4v) is 3.10. The van der Waals surface area contributed by atoms with Crippen LogP contribution < -0.4 is 0 Å². The number of nitro groups is 1. The van der Waals surface area contributed by atoms with E-state index in [-0.39, 0.29) is 23.6 Å². The van der Waals surface area contributed by atoms with Crippen LogP contribution in [0.2, 0.25) is 0 Å². The van der Waals surface area contributed by atoms with Gasteiger partial charge in [-0.25, -0.2) is 0 Å². The van der Waals surface area contributed by atoms with Crippen molar-refractivity contribution in [2.24, 2.45) is 5.92 Å². The molecule has 1 heterocycles. The molecular weight excluding hydrogens is 322 g/mol. The van der Waals surface area contributed by atoms with Gasteiger partial charge in [0.25, 0.3) is 5.69 Å². The van der Waals surface area contributed by atoms with Crippen molar-refractivity contribution in [1.82, 2.24) is 9.80 Å². The van der Waals surface area contributed by atoms with Crippen LogP contribution in [0.4, 0.5) is 5.69 Å². The number of likely N-dealkylation sites (tertiary alicyclic amines) is 1. The lowest BCUT2D eigenvalue weighted by Gasteiger charge is -2.35. The molecule has 25 heavy (non-hydrogen) atoms. The van der Waals surface area contributed by atoms with Crippen LogP contribution in [0.15, 0.2) is 24.3 Å². The predicted molar refractivity (Wildman–Crippen MR) is 95.1 cm³/mol. The first-order valence-electron chi connectivity index (χ1n) is 8.71. The van der Waals surface area contributed by atoms with Crippen LogP contribution in [0.3, 0.4) is 0 Å². The Morgan fingerprint density at radius 3 is 2.60 bits per heavy atom. The summed E-state index contributed by atoms with van der Waals surface area (Å²) < 4.78 is 0. The molecule has 1 aliphatic heterocycles. The van der Waals surface area contributed by atoms with Crippen LogP contribution in [0.25, 0.3) is 0 Å². The van der Waals surface area contributed by atoms with Crippen LogP contribution in [-0.2, 0) is 4.79 Å². The molecule has 1 atom stereocenters. The van der Waals surface area contributed by atoms with Gasteiger partial charge in [0, 0.05) is 37.7 Å². The summed E-state index contributed by atoms with van der Waals surface area (Å²) in [6.07, 6.45) is 0.778. The molecule has 1 fully saturated rings. The number of β-amino-alcohol motifs (C(OH)–C–C–N with tert-alkyl or cyclic N) is 1. The molecule has 1 N–H and O–H groups in total. The van der Waals surface area contributed by atoms with E-state index in [9.17, 15) is 20.0 Å². The van der Waals surface area contributed by atoms with Crippen molar-refractivity contribution in [3.63, 3.8) is 0 Å². The molecule has 0 spiro atoms. The summed E-state index contributed by atoms with van der Waals surface area (Å²) in [4.78, 5) is 26.7. The molecule has 1 amide bonds. The second-order valence-corrected chi connectivity index (χ2v) is 6.99. The third-order valence-corrected chi connectivity index (χ3v) is 4.96. The van der Waals surface area contributed by atoms with Crippen molar-refractivity contribution < 1.29 is 14.8 Å². The van der Waals surface area contributed by atoms with Gasteiger partial charge in [0.2, 0.25) is 5.91 Å². The molecule has 1 saturated heterocycles. The molecule has 0 saturated carbocycles. The molecule has 1 unspecified atom stereocenters. The summed E-state index contributed by atoms with van der Waals surface area (Å²) in [6.45, 7) is 5.91. The highest BCUT2D eigenvalue weighted by Crippen LogP contribution is 2.24. The monoisotopic (exact) mass is 349 g/mol. The number of carbonyl (C=O) groups excluding carboxylic acids is 1. The second kappa shape index (κ2) is 8.40. The first-order chi connectivity index (χ1) is 11.8. The lowest BCUT2D eigenvalue weighted by atomic mass is 9.94. The smallest absolute Gasteiger partial charge is 0.269 e. The summed E-state index contributed by atoms with van der Waals surface area (Å²) >= 11 is 0. The van der Waals surface area contributed by atoms with Crippen LogP contribution in [0.5, 0.6) is 0 Å². The maximum atomic E-state index is 12.4. The van der Waals surface area contributed by atoms with Crippen molar-refractivity contribution in [2.45, 2.75) is 38.8 Å². The molecule has 2 rings (SSSR count). The second-order valence-electron chi connectivity index (χ2n) is 6.99. The van der Waals surface area contributed by atoms with Gasteiger partial charge < -0.3 is 14.9 Å². The Kier molecular flexibility index (Phi) is 6.50. The average molecular weight is 349 g/mol. The number of benzene rings is 1. The lowest BCUT2D eigenvalue weighted by molar-refractivity contribution is -0.385. The fraction of sp³-hybridized carbons (Fsp3) is 0.611. The van der Waals surface area contributed by atoms with Gasteiger partial charge in [-0.2, -0.15) is 0 Å². The number of hydrogen-bond donors (Lipinski definition) is 1. The third kappa shape index (κ3) is 4.99. The highest BCUT2D eigenvalue weighted by Gasteiger charge is 2.29. The first kappa shape index (κ1) is 19.3. The number of rotatable bonds is 6. The minimum atomic E-state index is -0.773. The number of non-ortho nitro benzene ring substituents is 1. The average Bonchev–Trinajstić information content (AvgIpc) is 2.61. The molecule has 1 aromatic rings. The van der Waals surface area contributed by atoms with Gasteiger partial charge in [0.05, 0.1) is 11.0 Å². The number of aliphatic hydroxyl groups is 1. The maximum absolute atomic E-state index is 12.4. The van der Waals surface area contributed by atoms with E-state index < -0.39 is 11.0 Å². The number of nitro benzene ring substituents is 1. The zero-order chi connectivity index (χ0) is 18.6. The van der Waals surface area contributed by atoms with Gasteiger partial charge in [-0.3, -0.25) is 14.9 Å². The number of amides is 1. The van der Waals surface area contributed by atoms with Gasteiger partial charge in [0.15, 0.2) is 0 Å². The molecule has 1 aliphatic rings.